The van der Waals surface area contributed by atoms with E-state index in [1.807, 2.05) is 0 Å². The summed E-state index contributed by atoms with van der Waals surface area (Å²) < 4.78 is 28.2. The van der Waals surface area contributed by atoms with Gasteiger partial charge in [-0.25, -0.2) is 0 Å². The van der Waals surface area contributed by atoms with E-state index in [1.54, 1.807) is 48.5 Å². The summed E-state index contributed by atoms with van der Waals surface area (Å²) in [5.41, 5.74) is 0.636. The molecule has 0 saturated carbocycles. The molecule has 0 fully saturated rings. The van der Waals surface area contributed by atoms with Crippen LogP contribution in [0.3, 0.4) is 0 Å². The zero-order chi connectivity index (χ0) is 26.8. The molecule has 3 aromatic carbocycles. The Bertz CT molecular complexity index is 1610. The lowest BCUT2D eigenvalue weighted by atomic mass is 10.0. The number of hydrogen-bond donors (Lipinski definition) is 1. The quantitative estimate of drug-likeness (QED) is 0.353. The van der Waals surface area contributed by atoms with Crippen molar-refractivity contribution in [2.75, 3.05) is 33.4 Å². The molecule has 0 spiro atoms. The second-order valence-corrected chi connectivity index (χ2v) is 8.40. The molecule has 0 unspecified atom stereocenters. The van der Waals surface area contributed by atoms with Gasteiger partial charge in [-0.15, -0.1) is 0 Å². The number of nitrogens with zero attached hydrogens (tertiary/aromatic N) is 1. The lowest BCUT2D eigenvalue weighted by Crippen LogP contribution is -2.24. The fourth-order valence-corrected chi connectivity index (χ4v) is 4.24. The molecule has 0 bridgehead atoms. The number of anilines is 1. The number of carbonyl (C=O) groups is 2. The lowest BCUT2D eigenvalue weighted by molar-refractivity contribution is -0.116. The standard InChI is InChI=1S/C28H24N2O8/c1-34-18-7-4-16(5-8-18)27(32)20-13-30(21-12-24(36-3)23(35-2)11-19(21)28(20)33)14-26(31)29-17-6-9-22-25(10-17)38-15-37-22/h4-13H,14-15H2,1-3H3,(H,29,31). The topological polar surface area (TPSA) is 114 Å². The van der Waals surface area contributed by atoms with Gasteiger partial charge >= 0.3 is 0 Å². The predicted octanol–water partition coefficient (Wildman–Crippen LogP) is 3.63. The van der Waals surface area contributed by atoms with Crippen LogP contribution < -0.4 is 34.4 Å². The van der Waals surface area contributed by atoms with Gasteiger partial charge in [0.1, 0.15) is 12.3 Å². The maximum Gasteiger partial charge on any atom is 0.244 e. The van der Waals surface area contributed by atoms with Crippen LogP contribution in [0.4, 0.5) is 5.69 Å². The highest BCUT2D eigenvalue weighted by atomic mass is 16.7. The van der Waals surface area contributed by atoms with Crippen LogP contribution in [0.2, 0.25) is 0 Å². The van der Waals surface area contributed by atoms with Crippen LogP contribution >= 0.6 is 0 Å². The average molecular weight is 517 g/mol. The molecular weight excluding hydrogens is 492 g/mol. The Morgan fingerprint density at radius 1 is 0.895 bits per heavy atom. The third kappa shape index (κ3) is 4.59. The molecule has 4 aromatic rings. The van der Waals surface area contributed by atoms with Crippen LogP contribution in [0.15, 0.2) is 65.6 Å². The molecule has 0 atom stereocenters. The Morgan fingerprint density at radius 2 is 1.61 bits per heavy atom. The van der Waals surface area contributed by atoms with E-state index in [2.05, 4.69) is 5.32 Å². The molecule has 38 heavy (non-hydrogen) atoms. The highest BCUT2D eigenvalue weighted by Gasteiger charge is 2.21. The van der Waals surface area contributed by atoms with Gasteiger partial charge in [0.25, 0.3) is 0 Å². The molecule has 2 heterocycles. The largest absolute Gasteiger partial charge is 0.497 e. The van der Waals surface area contributed by atoms with Crippen molar-refractivity contribution in [3.05, 3.63) is 82.1 Å². The molecule has 10 heteroatoms. The summed E-state index contributed by atoms with van der Waals surface area (Å²) in [7, 11) is 4.45. The zero-order valence-electron chi connectivity index (χ0n) is 20.9. The number of pyridine rings is 1. The highest BCUT2D eigenvalue weighted by molar-refractivity contribution is 6.10. The Kier molecular flexibility index (Phi) is 6.61. The number of aromatic nitrogens is 1. The lowest BCUT2D eigenvalue weighted by Gasteiger charge is -2.16. The third-order valence-electron chi connectivity index (χ3n) is 6.15. The first-order chi connectivity index (χ1) is 18.4. The van der Waals surface area contributed by atoms with Crippen molar-refractivity contribution in [2.24, 2.45) is 0 Å². The van der Waals surface area contributed by atoms with Gasteiger partial charge in [0.05, 0.1) is 37.8 Å². The molecular formula is C28H24N2O8. The molecule has 1 aliphatic rings. The number of hydrogen-bond acceptors (Lipinski definition) is 8. The molecule has 0 radical (unpaired) electrons. The molecule has 1 aromatic heterocycles. The van der Waals surface area contributed by atoms with Gasteiger partial charge in [-0.2, -0.15) is 0 Å². The van der Waals surface area contributed by atoms with Gasteiger partial charge in [-0.3, -0.25) is 14.4 Å². The van der Waals surface area contributed by atoms with Crippen LogP contribution in [-0.4, -0.2) is 44.4 Å². The minimum Gasteiger partial charge on any atom is -0.497 e. The number of nitrogens with one attached hydrogen (secondary N) is 1. The molecule has 10 nitrogen and oxygen atoms in total. The summed E-state index contributed by atoms with van der Waals surface area (Å²) >= 11 is 0. The van der Waals surface area contributed by atoms with Crippen LogP contribution in [0, 0.1) is 0 Å². The zero-order valence-corrected chi connectivity index (χ0v) is 20.9. The summed E-state index contributed by atoms with van der Waals surface area (Å²) in [6.07, 6.45) is 1.39. The van der Waals surface area contributed by atoms with E-state index in [0.29, 0.717) is 45.5 Å². The van der Waals surface area contributed by atoms with Gasteiger partial charge < -0.3 is 33.6 Å². The Labute approximate surface area is 217 Å². The maximum atomic E-state index is 13.5. The van der Waals surface area contributed by atoms with Crippen molar-refractivity contribution < 1.29 is 33.3 Å². The van der Waals surface area contributed by atoms with Crippen LogP contribution in [0.5, 0.6) is 28.7 Å². The monoisotopic (exact) mass is 516 g/mol. The number of rotatable bonds is 8. The van der Waals surface area contributed by atoms with E-state index < -0.39 is 11.2 Å². The first-order valence-corrected chi connectivity index (χ1v) is 11.6. The van der Waals surface area contributed by atoms with Crippen molar-refractivity contribution in [3.63, 3.8) is 0 Å². The van der Waals surface area contributed by atoms with Gasteiger partial charge in [0.15, 0.2) is 28.8 Å². The fourth-order valence-electron chi connectivity index (χ4n) is 4.24. The van der Waals surface area contributed by atoms with E-state index >= 15 is 0 Å². The van der Waals surface area contributed by atoms with Gasteiger partial charge in [-0.1, -0.05) is 0 Å². The number of ketones is 1. The number of carbonyl (C=O) groups excluding carboxylic acids is 2. The third-order valence-corrected chi connectivity index (χ3v) is 6.15. The number of benzene rings is 3. The Hall–Kier alpha value is -4.99. The van der Waals surface area contributed by atoms with Crippen LogP contribution in [0.1, 0.15) is 15.9 Å². The predicted molar refractivity (Wildman–Crippen MR) is 139 cm³/mol. The summed E-state index contributed by atoms with van der Waals surface area (Å²) in [6.45, 7) is -0.0734. The summed E-state index contributed by atoms with van der Waals surface area (Å²) in [4.78, 5) is 40.0. The van der Waals surface area contributed by atoms with Gasteiger partial charge in [-0.05, 0) is 42.5 Å². The summed E-state index contributed by atoms with van der Waals surface area (Å²) in [6, 6.07) is 14.6. The summed E-state index contributed by atoms with van der Waals surface area (Å²) in [5, 5.41) is 3.02. The Morgan fingerprint density at radius 3 is 2.32 bits per heavy atom. The second kappa shape index (κ2) is 10.2. The maximum absolute atomic E-state index is 13.5. The molecule has 0 saturated heterocycles. The normalized spacial score (nSPS) is 11.8. The van der Waals surface area contributed by atoms with Crippen molar-refractivity contribution in [1.82, 2.24) is 4.57 Å². The van der Waals surface area contributed by atoms with Gasteiger partial charge in [0.2, 0.25) is 18.1 Å². The van der Waals surface area contributed by atoms with Crippen molar-refractivity contribution in [3.8, 4) is 28.7 Å². The molecule has 1 amide bonds. The second-order valence-electron chi connectivity index (χ2n) is 8.40. The molecule has 5 rings (SSSR count). The molecule has 0 aliphatic carbocycles. The Balaban J connectivity index is 1.56. The number of methoxy groups -OCH3 is 3. The van der Waals surface area contributed by atoms with Crippen LogP contribution in [0.25, 0.3) is 10.9 Å². The van der Waals surface area contributed by atoms with Gasteiger partial charge in [0, 0.05) is 29.6 Å². The van der Waals surface area contributed by atoms with Crippen LogP contribution in [-0.2, 0) is 11.3 Å². The molecule has 1 aliphatic heterocycles. The number of ether oxygens (including phenoxy) is 5. The summed E-state index contributed by atoms with van der Waals surface area (Å²) in [5.74, 6) is 1.53. The van der Waals surface area contributed by atoms with E-state index in [9.17, 15) is 14.4 Å². The van der Waals surface area contributed by atoms with E-state index in [1.165, 1.54) is 38.2 Å². The van der Waals surface area contributed by atoms with Crippen molar-refractivity contribution in [2.45, 2.75) is 6.54 Å². The number of amides is 1. The highest BCUT2D eigenvalue weighted by Crippen LogP contribution is 2.34. The molecule has 194 valence electrons. The first-order valence-electron chi connectivity index (χ1n) is 11.6. The SMILES string of the molecule is COc1ccc(C(=O)c2cn(CC(=O)Nc3ccc4c(c3)OCO4)c3cc(OC)c(OC)cc3c2=O)cc1. The minimum absolute atomic E-state index is 0.0919. The first kappa shape index (κ1) is 24.7. The minimum atomic E-state index is -0.491. The van der Waals surface area contributed by atoms with E-state index in [-0.39, 0.29) is 30.2 Å². The van der Waals surface area contributed by atoms with E-state index in [4.69, 9.17) is 23.7 Å². The van der Waals surface area contributed by atoms with E-state index in [0.717, 1.165) is 0 Å². The fraction of sp³-hybridized carbons (Fsp3) is 0.179. The number of fused-ring (bicyclic) bond motifs is 2. The molecule has 1 N–H and O–H groups in total. The smallest absolute Gasteiger partial charge is 0.244 e. The van der Waals surface area contributed by atoms with Crippen molar-refractivity contribution >= 4 is 28.3 Å². The van der Waals surface area contributed by atoms with Crippen molar-refractivity contribution in [1.29, 1.82) is 0 Å². The average Bonchev–Trinajstić information content (AvgIpc) is 3.41.